The van der Waals surface area contributed by atoms with Crippen LogP contribution in [0.3, 0.4) is 0 Å². The highest BCUT2D eigenvalue weighted by Crippen LogP contribution is 2.52. The molecular weight excluding hydrogens is 203 g/mol. The quantitative estimate of drug-likeness (QED) is 0.666. The van der Waals surface area contributed by atoms with E-state index < -0.39 is 7.14 Å². The normalized spacial score (nSPS) is 36.4. The fourth-order valence-corrected chi connectivity index (χ4v) is 6.43. The molecule has 1 nitrogen and oxygen atoms in total. The fraction of sp³-hybridized carbons (Fsp3) is 0.538. The molecule has 1 aromatic carbocycles. The van der Waals surface area contributed by atoms with E-state index in [2.05, 4.69) is 13.8 Å². The summed E-state index contributed by atoms with van der Waals surface area (Å²) in [5, 5.41) is 1.09. The average Bonchev–Trinajstić information content (AvgIpc) is 2.17. The third-order valence-corrected chi connectivity index (χ3v) is 6.91. The molecule has 0 bridgehead atoms. The zero-order valence-electron chi connectivity index (χ0n) is 9.52. The summed E-state index contributed by atoms with van der Waals surface area (Å²) in [4.78, 5) is 0. The number of hydrogen-bond donors (Lipinski definition) is 0. The summed E-state index contributed by atoms with van der Waals surface area (Å²) < 4.78 is 12.9. The van der Waals surface area contributed by atoms with Crippen molar-refractivity contribution in [2.24, 2.45) is 11.8 Å². The minimum absolute atomic E-state index is 0.611. The Hall–Kier alpha value is -0.550. The molecule has 0 radical (unpaired) electrons. The molecule has 0 spiro atoms. The number of benzene rings is 1. The monoisotopic (exact) mass is 222 g/mol. The molecule has 2 atom stereocenters. The predicted molar refractivity (Wildman–Crippen MR) is 66.4 cm³/mol. The summed E-state index contributed by atoms with van der Waals surface area (Å²) in [7, 11) is -2.08. The van der Waals surface area contributed by atoms with Gasteiger partial charge in [0.05, 0.1) is 0 Å². The van der Waals surface area contributed by atoms with Crippen molar-refractivity contribution < 1.29 is 4.57 Å². The van der Waals surface area contributed by atoms with Crippen LogP contribution >= 0.6 is 7.14 Å². The first-order valence-corrected chi connectivity index (χ1v) is 7.81. The Morgan fingerprint density at radius 3 is 2.13 bits per heavy atom. The van der Waals surface area contributed by atoms with Crippen molar-refractivity contribution in [3.63, 3.8) is 0 Å². The van der Waals surface area contributed by atoms with Crippen LogP contribution in [0.4, 0.5) is 0 Å². The molecule has 0 aromatic heterocycles. The van der Waals surface area contributed by atoms with Crippen molar-refractivity contribution in [3.05, 3.63) is 30.3 Å². The van der Waals surface area contributed by atoms with E-state index in [0.29, 0.717) is 11.8 Å². The van der Waals surface area contributed by atoms with Gasteiger partial charge in [0.2, 0.25) is 0 Å². The molecule has 0 amide bonds. The van der Waals surface area contributed by atoms with Crippen LogP contribution in [0.25, 0.3) is 0 Å². The van der Waals surface area contributed by atoms with Gasteiger partial charge < -0.3 is 4.57 Å². The highest BCUT2D eigenvalue weighted by molar-refractivity contribution is 7.71. The van der Waals surface area contributed by atoms with E-state index in [-0.39, 0.29) is 0 Å². The van der Waals surface area contributed by atoms with Crippen molar-refractivity contribution in [1.29, 1.82) is 0 Å². The summed E-state index contributed by atoms with van der Waals surface area (Å²) in [5.41, 5.74) is 0. The molecule has 2 heteroatoms. The topological polar surface area (TPSA) is 17.1 Å². The van der Waals surface area contributed by atoms with Crippen LogP contribution in [0, 0.1) is 11.8 Å². The zero-order chi connectivity index (χ0) is 10.9. The molecule has 2 unspecified atom stereocenters. The summed E-state index contributed by atoms with van der Waals surface area (Å²) in [5.74, 6) is 1.22. The van der Waals surface area contributed by atoms with Crippen LogP contribution in [0.15, 0.2) is 30.3 Å². The van der Waals surface area contributed by atoms with Crippen LogP contribution in [0.1, 0.15) is 20.3 Å². The van der Waals surface area contributed by atoms with Gasteiger partial charge in [-0.15, -0.1) is 0 Å². The lowest BCUT2D eigenvalue weighted by molar-refractivity contribution is 0.438. The van der Waals surface area contributed by atoms with E-state index in [1.165, 1.54) is 6.42 Å². The van der Waals surface area contributed by atoms with Crippen molar-refractivity contribution in [2.75, 3.05) is 12.3 Å². The third kappa shape index (κ3) is 2.34. The molecule has 0 aliphatic carbocycles. The molecular formula is C13H19OP. The van der Waals surface area contributed by atoms with Crippen LogP contribution in [0.2, 0.25) is 0 Å². The molecule has 15 heavy (non-hydrogen) atoms. The maximum atomic E-state index is 12.9. The van der Waals surface area contributed by atoms with E-state index in [0.717, 1.165) is 17.6 Å². The first kappa shape index (κ1) is 11.0. The molecule has 2 rings (SSSR count). The average molecular weight is 222 g/mol. The molecule has 1 fully saturated rings. The Labute approximate surface area is 92.3 Å². The molecule has 0 N–H and O–H groups in total. The summed E-state index contributed by atoms with van der Waals surface area (Å²) in [6.45, 7) is 4.45. The minimum atomic E-state index is -2.08. The Morgan fingerprint density at radius 1 is 1.07 bits per heavy atom. The van der Waals surface area contributed by atoms with Crippen LogP contribution in [-0.2, 0) is 4.57 Å². The number of hydrogen-bond acceptors (Lipinski definition) is 1. The Kier molecular flexibility index (Phi) is 3.02. The van der Waals surface area contributed by atoms with Crippen LogP contribution in [0.5, 0.6) is 0 Å². The van der Waals surface area contributed by atoms with Crippen molar-refractivity contribution in [1.82, 2.24) is 0 Å². The summed E-state index contributed by atoms with van der Waals surface area (Å²) in [6, 6.07) is 10.1. The van der Waals surface area contributed by atoms with Gasteiger partial charge in [0.25, 0.3) is 0 Å². The molecule has 1 aromatic rings. The molecule has 1 saturated heterocycles. The SMILES string of the molecule is CC1CC(C)CP(=O)(c2ccccc2)C1. The van der Waals surface area contributed by atoms with Gasteiger partial charge in [0.15, 0.2) is 0 Å². The summed E-state index contributed by atoms with van der Waals surface area (Å²) >= 11 is 0. The lowest BCUT2D eigenvalue weighted by atomic mass is 10.00. The van der Waals surface area contributed by atoms with E-state index in [9.17, 15) is 4.57 Å². The van der Waals surface area contributed by atoms with E-state index in [1.807, 2.05) is 30.3 Å². The lowest BCUT2D eigenvalue weighted by Gasteiger charge is -2.32. The van der Waals surface area contributed by atoms with Gasteiger partial charge in [-0.3, -0.25) is 0 Å². The van der Waals surface area contributed by atoms with E-state index in [4.69, 9.17) is 0 Å². The smallest absolute Gasteiger partial charge is 0.116 e. The maximum Gasteiger partial charge on any atom is 0.116 e. The molecule has 82 valence electrons. The molecule has 1 aliphatic heterocycles. The van der Waals surface area contributed by atoms with Gasteiger partial charge in [0, 0.05) is 17.6 Å². The van der Waals surface area contributed by atoms with Gasteiger partial charge in [-0.25, -0.2) is 0 Å². The first-order valence-electron chi connectivity index (χ1n) is 5.74. The second kappa shape index (κ2) is 4.14. The van der Waals surface area contributed by atoms with Crippen LogP contribution < -0.4 is 5.30 Å². The van der Waals surface area contributed by atoms with Crippen molar-refractivity contribution >= 4 is 12.4 Å². The Bertz CT molecular complexity index is 357. The maximum absolute atomic E-state index is 12.9. The first-order chi connectivity index (χ1) is 7.10. The van der Waals surface area contributed by atoms with Crippen molar-refractivity contribution in [3.8, 4) is 0 Å². The minimum Gasteiger partial charge on any atom is -0.319 e. The molecule has 1 heterocycles. The van der Waals surface area contributed by atoms with Gasteiger partial charge in [-0.05, 0) is 18.3 Å². The second-order valence-electron chi connectivity index (χ2n) is 5.04. The lowest BCUT2D eigenvalue weighted by Crippen LogP contribution is -2.25. The highest BCUT2D eigenvalue weighted by Gasteiger charge is 2.33. The molecule has 0 saturated carbocycles. The second-order valence-corrected chi connectivity index (χ2v) is 8.06. The van der Waals surface area contributed by atoms with E-state index in [1.54, 1.807) is 0 Å². The molecule has 1 aliphatic rings. The third-order valence-electron chi connectivity index (χ3n) is 3.24. The Morgan fingerprint density at radius 2 is 1.60 bits per heavy atom. The van der Waals surface area contributed by atoms with Gasteiger partial charge in [-0.2, -0.15) is 0 Å². The highest BCUT2D eigenvalue weighted by atomic mass is 31.2. The zero-order valence-corrected chi connectivity index (χ0v) is 10.4. The predicted octanol–water partition coefficient (Wildman–Crippen LogP) is 3.35. The van der Waals surface area contributed by atoms with Gasteiger partial charge in [0.1, 0.15) is 7.14 Å². The van der Waals surface area contributed by atoms with Crippen molar-refractivity contribution in [2.45, 2.75) is 20.3 Å². The van der Waals surface area contributed by atoms with Crippen LogP contribution in [-0.4, -0.2) is 12.3 Å². The Balaban J connectivity index is 2.30. The largest absolute Gasteiger partial charge is 0.319 e. The fourth-order valence-electron chi connectivity index (χ4n) is 2.83. The van der Waals surface area contributed by atoms with Gasteiger partial charge >= 0.3 is 0 Å². The van der Waals surface area contributed by atoms with Gasteiger partial charge in [-0.1, -0.05) is 44.2 Å². The number of rotatable bonds is 1. The summed E-state index contributed by atoms with van der Waals surface area (Å²) in [6.07, 6.45) is 3.04. The van der Waals surface area contributed by atoms with E-state index >= 15 is 0 Å². The standard InChI is InChI=1S/C13H19OP/c1-11-8-12(2)10-15(14,9-11)13-6-4-3-5-7-13/h3-7,11-12H,8-10H2,1-2H3.